The molecule has 0 radical (unpaired) electrons. The van der Waals surface area contributed by atoms with Crippen molar-refractivity contribution in [2.75, 3.05) is 6.54 Å². The number of hydrogen-bond donors (Lipinski definition) is 2. The van der Waals surface area contributed by atoms with Crippen molar-refractivity contribution in [1.82, 2.24) is 9.97 Å². The summed E-state index contributed by atoms with van der Waals surface area (Å²) in [6.07, 6.45) is 4.66. The van der Waals surface area contributed by atoms with Crippen molar-refractivity contribution >= 4 is 22.5 Å². The highest BCUT2D eigenvalue weighted by Crippen LogP contribution is 2.35. The van der Waals surface area contributed by atoms with Crippen LogP contribution in [0.2, 0.25) is 5.02 Å². The lowest BCUT2D eigenvalue weighted by Crippen LogP contribution is -1.99. The lowest BCUT2D eigenvalue weighted by molar-refractivity contribution is 0.306. The van der Waals surface area contributed by atoms with Gasteiger partial charge >= 0.3 is 0 Å². The number of nitrogens with one attached hydrogen (secondary N) is 1. The van der Waals surface area contributed by atoms with Crippen molar-refractivity contribution < 1.29 is 4.74 Å². The third-order valence-electron chi connectivity index (χ3n) is 5.00. The first-order valence-electron chi connectivity index (χ1n) is 9.88. The molecule has 0 aliphatic carbocycles. The number of aromatic amines is 1. The van der Waals surface area contributed by atoms with Gasteiger partial charge in [0.05, 0.1) is 10.7 Å². The number of rotatable bonds is 8. The van der Waals surface area contributed by atoms with Crippen LogP contribution in [0.3, 0.4) is 0 Å². The summed E-state index contributed by atoms with van der Waals surface area (Å²) in [7, 11) is 0. The van der Waals surface area contributed by atoms with Crippen LogP contribution in [0.25, 0.3) is 22.3 Å². The van der Waals surface area contributed by atoms with E-state index in [9.17, 15) is 0 Å². The average molecular weight is 406 g/mol. The number of nitrogens with zero attached hydrogens (tertiary/aromatic N) is 1. The Morgan fingerprint density at radius 1 is 1.00 bits per heavy atom. The molecule has 0 aliphatic rings. The molecule has 0 unspecified atom stereocenters. The van der Waals surface area contributed by atoms with Gasteiger partial charge in [0, 0.05) is 17.1 Å². The minimum atomic E-state index is 0.540. The Balaban J connectivity index is 1.70. The molecule has 4 rings (SSSR count). The lowest BCUT2D eigenvalue weighted by Gasteiger charge is -2.08. The first-order valence-corrected chi connectivity index (χ1v) is 10.3. The summed E-state index contributed by atoms with van der Waals surface area (Å²) in [5, 5.41) is 1.78. The molecule has 0 bridgehead atoms. The summed E-state index contributed by atoms with van der Waals surface area (Å²) in [5.41, 5.74) is 10.9. The molecule has 0 saturated carbocycles. The summed E-state index contributed by atoms with van der Waals surface area (Å²) in [5.74, 6) is 0.846. The molecule has 4 aromatic rings. The summed E-state index contributed by atoms with van der Waals surface area (Å²) in [6.45, 7) is 1.23. The molecule has 0 aliphatic heterocycles. The zero-order valence-corrected chi connectivity index (χ0v) is 17.0. The first-order chi connectivity index (χ1) is 14.3. The second-order valence-corrected chi connectivity index (χ2v) is 7.45. The zero-order chi connectivity index (χ0) is 20.1. The van der Waals surface area contributed by atoms with Gasteiger partial charge in [-0.1, -0.05) is 41.9 Å². The number of aryl methyl sites for hydroxylation is 1. The molecule has 3 N–H and O–H groups in total. The van der Waals surface area contributed by atoms with Crippen molar-refractivity contribution in [3.05, 3.63) is 83.0 Å². The molecule has 0 saturated heterocycles. The predicted octanol–water partition coefficient (Wildman–Crippen LogP) is 5.74. The number of aromatic nitrogens is 2. The van der Waals surface area contributed by atoms with E-state index < -0.39 is 0 Å². The molecule has 29 heavy (non-hydrogen) atoms. The Hall–Kier alpha value is -2.82. The van der Waals surface area contributed by atoms with E-state index in [2.05, 4.69) is 34.2 Å². The van der Waals surface area contributed by atoms with Gasteiger partial charge in [-0.2, -0.15) is 0 Å². The molecule has 0 spiro atoms. The molecule has 0 amide bonds. The molecule has 5 heteroatoms. The van der Waals surface area contributed by atoms with Crippen molar-refractivity contribution in [2.45, 2.75) is 25.9 Å². The van der Waals surface area contributed by atoms with Gasteiger partial charge in [0.2, 0.25) is 0 Å². The van der Waals surface area contributed by atoms with Crippen LogP contribution in [0, 0.1) is 0 Å². The van der Waals surface area contributed by atoms with Gasteiger partial charge in [-0.3, -0.25) is 4.98 Å². The van der Waals surface area contributed by atoms with Gasteiger partial charge in [0.1, 0.15) is 18.1 Å². The smallest absolute Gasteiger partial charge is 0.120 e. The molecular formula is C24H24ClN3O. The molecular weight excluding hydrogens is 382 g/mol. The van der Waals surface area contributed by atoms with E-state index >= 15 is 0 Å². The van der Waals surface area contributed by atoms with Gasteiger partial charge < -0.3 is 15.5 Å². The molecule has 2 heterocycles. The Morgan fingerprint density at radius 2 is 1.86 bits per heavy atom. The predicted molar refractivity (Wildman–Crippen MR) is 119 cm³/mol. The highest BCUT2D eigenvalue weighted by molar-refractivity contribution is 6.33. The number of nitrogens with two attached hydrogens (primary N) is 1. The minimum Gasteiger partial charge on any atom is -0.489 e. The van der Waals surface area contributed by atoms with Gasteiger partial charge in [-0.05, 0) is 67.3 Å². The monoisotopic (exact) mass is 405 g/mol. The maximum absolute atomic E-state index is 6.44. The Bertz CT molecular complexity index is 1090. The second kappa shape index (κ2) is 9.12. The van der Waals surface area contributed by atoms with Crippen LogP contribution >= 0.6 is 11.6 Å². The fraction of sp³-hybridized carbons (Fsp3) is 0.208. The zero-order valence-electron chi connectivity index (χ0n) is 16.2. The maximum Gasteiger partial charge on any atom is 0.120 e. The van der Waals surface area contributed by atoms with Crippen LogP contribution < -0.4 is 10.5 Å². The number of halogens is 1. The van der Waals surface area contributed by atoms with E-state index in [-0.39, 0.29) is 0 Å². The topological polar surface area (TPSA) is 63.9 Å². The molecule has 4 nitrogen and oxygen atoms in total. The van der Waals surface area contributed by atoms with E-state index in [1.165, 1.54) is 5.56 Å². The van der Waals surface area contributed by atoms with Crippen LogP contribution in [0.1, 0.15) is 24.0 Å². The fourth-order valence-electron chi connectivity index (χ4n) is 3.54. The summed E-state index contributed by atoms with van der Waals surface area (Å²) in [4.78, 5) is 8.03. The quantitative estimate of drug-likeness (QED) is 0.367. The van der Waals surface area contributed by atoms with E-state index in [0.29, 0.717) is 18.2 Å². The van der Waals surface area contributed by atoms with E-state index in [1.54, 1.807) is 6.20 Å². The summed E-state index contributed by atoms with van der Waals surface area (Å²) < 4.78 is 6.04. The van der Waals surface area contributed by atoms with Gasteiger partial charge in [-0.25, -0.2) is 0 Å². The van der Waals surface area contributed by atoms with Gasteiger partial charge in [0.25, 0.3) is 0 Å². The highest BCUT2D eigenvalue weighted by atomic mass is 35.5. The van der Waals surface area contributed by atoms with Gasteiger partial charge in [-0.15, -0.1) is 0 Å². The SMILES string of the molecule is NCCCCc1c(-c2ncccc2Cl)[nH]c2ccc(OCc3ccccc3)cc12. The molecule has 2 aromatic heterocycles. The Labute approximate surface area is 175 Å². The molecule has 2 aromatic carbocycles. The van der Waals surface area contributed by atoms with Crippen LogP contribution in [0.15, 0.2) is 66.9 Å². The molecule has 148 valence electrons. The van der Waals surface area contributed by atoms with Crippen LogP contribution in [0.5, 0.6) is 5.75 Å². The van der Waals surface area contributed by atoms with Crippen molar-refractivity contribution in [1.29, 1.82) is 0 Å². The summed E-state index contributed by atoms with van der Waals surface area (Å²) in [6, 6.07) is 20.0. The number of fused-ring (bicyclic) bond motifs is 1. The van der Waals surface area contributed by atoms with Crippen molar-refractivity contribution in [3.63, 3.8) is 0 Å². The average Bonchev–Trinajstić information content (AvgIpc) is 3.11. The lowest BCUT2D eigenvalue weighted by atomic mass is 10.0. The second-order valence-electron chi connectivity index (χ2n) is 7.04. The standard InChI is InChI=1S/C24H24ClN3O/c25-21-10-6-14-27-24(21)23-19(9-4-5-13-26)20-15-18(11-12-22(20)28-23)29-16-17-7-2-1-3-8-17/h1-3,6-8,10-12,14-15,28H,4-5,9,13,16,26H2. The Kier molecular flexibility index (Phi) is 6.13. The molecule has 0 fully saturated rings. The third-order valence-corrected chi connectivity index (χ3v) is 5.31. The largest absolute Gasteiger partial charge is 0.489 e. The fourth-order valence-corrected chi connectivity index (χ4v) is 3.75. The van der Waals surface area contributed by atoms with E-state index in [4.69, 9.17) is 22.1 Å². The van der Waals surface area contributed by atoms with E-state index in [1.807, 2.05) is 36.4 Å². The van der Waals surface area contributed by atoms with Gasteiger partial charge in [0.15, 0.2) is 0 Å². The first kappa shape index (κ1) is 19.5. The number of ether oxygens (including phenoxy) is 1. The van der Waals surface area contributed by atoms with Crippen LogP contribution in [-0.4, -0.2) is 16.5 Å². The number of pyridine rings is 1. The highest BCUT2D eigenvalue weighted by Gasteiger charge is 2.17. The maximum atomic E-state index is 6.44. The van der Waals surface area contributed by atoms with Crippen LogP contribution in [-0.2, 0) is 13.0 Å². The minimum absolute atomic E-state index is 0.540. The number of benzene rings is 2. The van der Waals surface area contributed by atoms with E-state index in [0.717, 1.165) is 52.9 Å². The molecule has 0 atom stereocenters. The number of hydrogen-bond acceptors (Lipinski definition) is 3. The third kappa shape index (κ3) is 4.44. The Morgan fingerprint density at radius 3 is 2.66 bits per heavy atom. The van der Waals surface area contributed by atoms with Crippen molar-refractivity contribution in [2.24, 2.45) is 5.73 Å². The van der Waals surface area contributed by atoms with Crippen LogP contribution in [0.4, 0.5) is 0 Å². The summed E-state index contributed by atoms with van der Waals surface area (Å²) >= 11 is 6.44. The number of unbranched alkanes of at least 4 members (excludes halogenated alkanes) is 1. The number of H-pyrrole nitrogens is 1. The van der Waals surface area contributed by atoms with Crippen molar-refractivity contribution in [3.8, 4) is 17.1 Å². The normalized spacial score (nSPS) is 11.1.